The largest absolute Gasteiger partial charge is 0.456 e. The maximum absolute atomic E-state index is 12.6. The Morgan fingerprint density at radius 1 is 0.759 bits per heavy atom. The summed E-state index contributed by atoms with van der Waals surface area (Å²) in [6.45, 7) is 0.633. The van der Waals surface area contributed by atoms with E-state index < -0.39 is 5.97 Å². The Kier molecular flexibility index (Phi) is 7.18. The fourth-order valence-corrected chi connectivity index (χ4v) is 2.60. The minimum Gasteiger partial charge on any atom is -0.456 e. The highest BCUT2D eigenvalue weighted by molar-refractivity contribution is 6.01. The standard InChI is InChI=1S/C24H22N2O3/c27-23(21-14-8-3-9-15-21)26-22(17-25-16-19-10-4-1-5-11-19)24(28)29-18-20-12-6-2-7-13-20/h1-15,17,25H,16,18H2,(H,26,27)/b22-17-. The van der Waals surface area contributed by atoms with E-state index in [2.05, 4.69) is 10.6 Å². The second-order valence-electron chi connectivity index (χ2n) is 6.31. The van der Waals surface area contributed by atoms with Crippen molar-refractivity contribution in [1.29, 1.82) is 0 Å². The van der Waals surface area contributed by atoms with E-state index in [-0.39, 0.29) is 18.2 Å². The Labute approximate surface area is 170 Å². The summed E-state index contributed by atoms with van der Waals surface area (Å²) >= 11 is 0. The van der Waals surface area contributed by atoms with Crippen LogP contribution in [0.15, 0.2) is 103 Å². The molecule has 2 N–H and O–H groups in total. The third-order valence-corrected chi connectivity index (χ3v) is 4.11. The van der Waals surface area contributed by atoms with Gasteiger partial charge in [-0.3, -0.25) is 4.79 Å². The van der Waals surface area contributed by atoms with Crippen molar-refractivity contribution in [3.05, 3.63) is 120 Å². The average Bonchev–Trinajstić information content (AvgIpc) is 2.78. The normalized spacial score (nSPS) is 10.8. The molecule has 3 aromatic rings. The van der Waals surface area contributed by atoms with Crippen LogP contribution in [0, 0.1) is 0 Å². The van der Waals surface area contributed by atoms with Crippen molar-refractivity contribution < 1.29 is 14.3 Å². The topological polar surface area (TPSA) is 67.4 Å². The number of esters is 1. The molecule has 0 saturated heterocycles. The highest BCUT2D eigenvalue weighted by Crippen LogP contribution is 2.06. The second-order valence-corrected chi connectivity index (χ2v) is 6.31. The van der Waals surface area contributed by atoms with E-state index in [1.807, 2.05) is 66.7 Å². The van der Waals surface area contributed by atoms with Crippen molar-refractivity contribution in [2.75, 3.05) is 0 Å². The first-order valence-corrected chi connectivity index (χ1v) is 9.27. The monoisotopic (exact) mass is 386 g/mol. The van der Waals surface area contributed by atoms with Gasteiger partial charge in [-0.2, -0.15) is 0 Å². The smallest absolute Gasteiger partial charge is 0.356 e. The van der Waals surface area contributed by atoms with Crippen LogP contribution in [-0.4, -0.2) is 11.9 Å². The summed E-state index contributed by atoms with van der Waals surface area (Å²) in [4.78, 5) is 25.1. The molecule has 0 fully saturated rings. The number of carbonyl (C=O) groups is 2. The summed E-state index contributed by atoms with van der Waals surface area (Å²) < 4.78 is 5.37. The molecule has 0 aliphatic rings. The van der Waals surface area contributed by atoms with Crippen molar-refractivity contribution in [2.24, 2.45) is 0 Å². The van der Waals surface area contributed by atoms with Crippen molar-refractivity contribution in [3.63, 3.8) is 0 Å². The molecule has 1 amide bonds. The molecule has 0 unspecified atom stereocenters. The molecular formula is C24H22N2O3. The molecule has 5 nitrogen and oxygen atoms in total. The van der Waals surface area contributed by atoms with E-state index in [0.717, 1.165) is 11.1 Å². The highest BCUT2D eigenvalue weighted by atomic mass is 16.5. The summed E-state index contributed by atoms with van der Waals surface area (Å²) in [7, 11) is 0. The fraction of sp³-hybridized carbons (Fsp3) is 0.0833. The van der Waals surface area contributed by atoms with Crippen LogP contribution in [0.5, 0.6) is 0 Å². The van der Waals surface area contributed by atoms with Crippen LogP contribution in [0.3, 0.4) is 0 Å². The second kappa shape index (κ2) is 10.5. The quantitative estimate of drug-likeness (QED) is 0.457. The minimum atomic E-state index is -0.612. The van der Waals surface area contributed by atoms with Gasteiger partial charge in [-0.15, -0.1) is 0 Å². The molecule has 0 aliphatic heterocycles. The molecule has 0 spiro atoms. The average molecular weight is 386 g/mol. The highest BCUT2D eigenvalue weighted by Gasteiger charge is 2.16. The zero-order valence-electron chi connectivity index (χ0n) is 15.9. The van der Waals surface area contributed by atoms with Gasteiger partial charge < -0.3 is 15.4 Å². The molecule has 0 heterocycles. The molecule has 0 atom stereocenters. The predicted octanol–water partition coefficient (Wildman–Crippen LogP) is 3.79. The van der Waals surface area contributed by atoms with E-state index in [1.165, 1.54) is 6.20 Å². The molecule has 0 radical (unpaired) electrons. The number of hydrogen-bond acceptors (Lipinski definition) is 4. The lowest BCUT2D eigenvalue weighted by Gasteiger charge is -2.11. The number of carbonyl (C=O) groups excluding carboxylic acids is 2. The Bertz CT molecular complexity index is 955. The first kappa shape index (κ1) is 19.9. The Balaban J connectivity index is 1.68. The number of amides is 1. The van der Waals surface area contributed by atoms with Gasteiger partial charge in [-0.1, -0.05) is 78.9 Å². The number of hydrogen-bond donors (Lipinski definition) is 2. The number of rotatable bonds is 8. The van der Waals surface area contributed by atoms with Gasteiger partial charge >= 0.3 is 5.97 Å². The zero-order chi connectivity index (χ0) is 20.3. The van der Waals surface area contributed by atoms with Crippen molar-refractivity contribution in [3.8, 4) is 0 Å². The Morgan fingerprint density at radius 2 is 1.31 bits per heavy atom. The summed E-state index contributed by atoms with van der Waals surface area (Å²) in [5, 5.41) is 5.70. The lowest BCUT2D eigenvalue weighted by molar-refractivity contribution is -0.140. The lowest BCUT2D eigenvalue weighted by atomic mass is 10.2. The van der Waals surface area contributed by atoms with E-state index in [0.29, 0.717) is 12.1 Å². The van der Waals surface area contributed by atoms with Gasteiger partial charge in [0.15, 0.2) is 0 Å². The van der Waals surface area contributed by atoms with Gasteiger partial charge in [0.25, 0.3) is 5.91 Å². The van der Waals surface area contributed by atoms with Gasteiger partial charge in [0.05, 0.1) is 0 Å². The molecule has 0 bridgehead atoms. The van der Waals surface area contributed by atoms with Crippen LogP contribution >= 0.6 is 0 Å². The van der Waals surface area contributed by atoms with Gasteiger partial charge in [0, 0.05) is 18.3 Å². The fourth-order valence-electron chi connectivity index (χ4n) is 2.60. The first-order chi connectivity index (χ1) is 14.2. The number of benzene rings is 3. The van der Waals surface area contributed by atoms with Crippen LogP contribution in [0.25, 0.3) is 0 Å². The van der Waals surface area contributed by atoms with Crippen molar-refractivity contribution in [2.45, 2.75) is 13.2 Å². The van der Waals surface area contributed by atoms with E-state index >= 15 is 0 Å². The van der Waals surface area contributed by atoms with Gasteiger partial charge in [0.2, 0.25) is 0 Å². The summed E-state index contributed by atoms with van der Waals surface area (Å²) in [6.07, 6.45) is 1.47. The molecule has 5 heteroatoms. The van der Waals surface area contributed by atoms with Gasteiger partial charge in [0.1, 0.15) is 12.3 Å². The molecule has 0 saturated carbocycles. The van der Waals surface area contributed by atoms with Crippen LogP contribution in [0.2, 0.25) is 0 Å². The minimum absolute atomic E-state index is 0.0470. The summed E-state index contributed by atoms with van der Waals surface area (Å²) in [5.41, 5.74) is 2.42. The Hall–Kier alpha value is -3.86. The maximum Gasteiger partial charge on any atom is 0.356 e. The van der Waals surface area contributed by atoms with Gasteiger partial charge in [-0.25, -0.2) is 4.79 Å². The molecule has 3 aromatic carbocycles. The van der Waals surface area contributed by atoms with Crippen LogP contribution in [0.4, 0.5) is 0 Å². The number of nitrogens with one attached hydrogen (secondary N) is 2. The van der Waals surface area contributed by atoms with Crippen LogP contribution in [-0.2, 0) is 22.7 Å². The van der Waals surface area contributed by atoms with Crippen molar-refractivity contribution in [1.82, 2.24) is 10.6 Å². The van der Waals surface area contributed by atoms with Crippen molar-refractivity contribution >= 4 is 11.9 Å². The third-order valence-electron chi connectivity index (χ3n) is 4.11. The lowest BCUT2D eigenvalue weighted by Crippen LogP contribution is -2.30. The maximum atomic E-state index is 12.6. The molecule has 0 aromatic heterocycles. The Morgan fingerprint density at radius 3 is 1.93 bits per heavy atom. The van der Waals surface area contributed by atoms with Gasteiger partial charge in [-0.05, 0) is 23.3 Å². The molecule has 146 valence electrons. The SMILES string of the molecule is O=C(OCc1ccccc1)/C(=C/NCc1ccccc1)NC(=O)c1ccccc1. The molecule has 3 rings (SSSR count). The van der Waals surface area contributed by atoms with E-state index in [9.17, 15) is 9.59 Å². The summed E-state index contributed by atoms with van der Waals surface area (Å²) in [5.74, 6) is -0.992. The van der Waals surface area contributed by atoms with E-state index in [1.54, 1.807) is 24.3 Å². The summed E-state index contributed by atoms with van der Waals surface area (Å²) in [6, 6.07) is 27.8. The third kappa shape index (κ3) is 6.36. The number of ether oxygens (including phenoxy) is 1. The molecular weight excluding hydrogens is 364 g/mol. The van der Waals surface area contributed by atoms with Crippen LogP contribution < -0.4 is 10.6 Å². The molecule has 0 aliphatic carbocycles. The predicted molar refractivity (Wildman–Crippen MR) is 112 cm³/mol. The van der Waals surface area contributed by atoms with Crippen LogP contribution in [0.1, 0.15) is 21.5 Å². The zero-order valence-corrected chi connectivity index (χ0v) is 15.9. The molecule has 29 heavy (non-hydrogen) atoms. The van der Waals surface area contributed by atoms with E-state index in [4.69, 9.17) is 4.74 Å². The first-order valence-electron chi connectivity index (χ1n) is 9.27.